The number of benzene rings is 3. The summed E-state index contributed by atoms with van der Waals surface area (Å²) in [7, 11) is -1.70. The molecule has 2 heterocycles. The van der Waals surface area contributed by atoms with Crippen LogP contribution < -0.4 is 25.6 Å². The Morgan fingerprint density at radius 1 is 0.865 bits per heavy atom. The lowest BCUT2D eigenvalue weighted by molar-refractivity contribution is -0.599. The third kappa shape index (κ3) is 4.56. The molecule has 0 aliphatic carbocycles. The van der Waals surface area contributed by atoms with Gasteiger partial charge in [-0.15, -0.1) is 0 Å². The second-order valence-corrected chi connectivity index (χ2v) is 12.0. The van der Waals surface area contributed by atoms with Crippen LogP contribution in [0.3, 0.4) is 0 Å². The molecule has 0 unspecified atom stereocenters. The number of hydrogen-bond acceptors (Lipinski definition) is 4. The molecular formula is C30H27N2O4P. The van der Waals surface area contributed by atoms with Gasteiger partial charge in [0.1, 0.15) is 11.4 Å². The van der Waals surface area contributed by atoms with E-state index in [0.29, 0.717) is 37.6 Å². The molecule has 0 spiro atoms. The fourth-order valence-electron chi connectivity index (χ4n) is 4.57. The van der Waals surface area contributed by atoms with E-state index in [9.17, 15) is 10.0 Å². The lowest BCUT2D eigenvalue weighted by Gasteiger charge is -2.21. The number of aromatic nitrogens is 2. The monoisotopic (exact) mass is 510 g/mol. The molecular weight excluding hydrogens is 483 g/mol. The van der Waals surface area contributed by atoms with E-state index in [1.165, 1.54) is 10.8 Å². The number of rotatable bonds is 6. The third-order valence-electron chi connectivity index (χ3n) is 6.62. The molecule has 0 atom stereocenters. The molecule has 0 amide bonds. The molecule has 0 bridgehead atoms. The number of fused-ring (bicyclic) bond motifs is 1. The average molecular weight is 511 g/mol. The predicted octanol–water partition coefficient (Wildman–Crippen LogP) is 4.76. The fourth-order valence-corrected chi connectivity index (χ4v) is 7.18. The topological polar surface area (TPSA) is 75.2 Å². The fraction of sp³-hybridized carbons (Fsp3) is 0.133. The first kappa shape index (κ1) is 24.5. The predicted molar refractivity (Wildman–Crippen MR) is 148 cm³/mol. The van der Waals surface area contributed by atoms with Crippen LogP contribution in [0.25, 0.3) is 16.6 Å². The van der Waals surface area contributed by atoms with Crippen LogP contribution in [-0.4, -0.2) is 11.7 Å². The molecule has 0 radical (unpaired) electrons. The Balaban J connectivity index is 1.81. The molecule has 0 saturated carbocycles. The minimum Gasteiger partial charge on any atom is -0.711 e. The zero-order valence-corrected chi connectivity index (χ0v) is 21.8. The summed E-state index contributed by atoms with van der Waals surface area (Å²) in [5.74, 6) is 0.758. The number of methoxy groups -OCH3 is 1. The van der Waals surface area contributed by atoms with Gasteiger partial charge in [-0.1, -0.05) is 65.7 Å². The molecule has 7 heteroatoms. The number of aryl methyl sites for hydroxylation is 2. The van der Waals surface area contributed by atoms with Crippen molar-refractivity contribution in [2.45, 2.75) is 20.0 Å². The van der Waals surface area contributed by atoms with E-state index in [1.807, 2.05) is 68.4 Å². The summed E-state index contributed by atoms with van der Waals surface area (Å²) in [6, 6.07) is 27.2. The number of nitrogens with zero attached hydrogens (tertiary/aromatic N) is 2. The van der Waals surface area contributed by atoms with Crippen molar-refractivity contribution in [2.75, 3.05) is 7.11 Å². The summed E-state index contributed by atoms with van der Waals surface area (Å²) in [6.45, 7) is 3.97. The smallest absolute Gasteiger partial charge is 0.346 e. The minimum absolute atomic E-state index is 0.0520. The Kier molecular flexibility index (Phi) is 6.45. The lowest BCUT2D eigenvalue weighted by atomic mass is 10.1. The summed E-state index contributed by atoms with van der Waals surface area (Å²) >= 11 is 0. The zero-order valence-electron chi connectivity index (χ0n) is 20.9. The lowest BCUT2D eigenvalue weighted by Crippen LogP contribution is -2.37. The SMILES string of the molecule is COc1ccc2c(=O)n(-c3cccc[n+]3[O-])c(CP(=O)(c3ccc(C)cc3)c3ccc(C)cc3)cc2c1. The van der Waals surface area contributed by atoms with Crippen LogP contribution in [0.2, 0.25) is 0 Å². The van der Waals surface area contributed by atoms with Gasteiger partial charge in [-0.3, -0.25) is 0 Å². The number of ether oxygens (including phenoxy) is 1. The second kappa shape index (κ2) is 9.72. The maximum atomic E-state index is 15.0. The first-order valence-corrected chi connectivity index (χ1v) is 13.8. The highest BCUT2D eigenvalue weighted by atomic mass is 31.2. The maximum absolute atomic E-state index is 15.0. The first-order chi connectivity index (χ1) is 17.8. The molecule has 186 valence electrons. The van der Waals surface area contributed by atoms with Gasteiger partial charge in [-0.25, -0.2) is 9.52 Å². The Hall–Kier alpha value is -4.15. The molecule has 0 aliphatic heterocycles. The van der Waals surface area contributed by atoms with E-state index in [4.69, 9.17) is 4.74 Å². The van der Waals surface area contributed by atoms with Crippen LogP contribution in [-0.2, 0) is 10.7 Å². The molecule has 3 aromatic carbocycles. The number of pyridine rings is 2. The maximum Gasteiger partial charge on any atom is 0.346 e. The standard InChI is InChI=1S/C30H27N2O4P/c1-21-7-12-26(13-8-21)37(35,27-14-9-22(2)10-15-27)20-24-18-23-19-25(36-3)11-16-28(23)30(33)32(24)29-6-4-5-17-31(29)34/h4-19H,20H2,1-3H3. The first-order valence-electron chi connectivity index (χ1n) is 11.9. The Morgan fingerprint density at radius 3 is 2.05 bits per heavy atom. The van der Waals surface area contributed by atoms with Crippen molar-refractivity contribution >= 4 is 28.5 Å². The summed E-state index contributed by atoms with van der Waals surface area (Å²) in [6.07, 6.45) is 1.40. The molecule has 6 nitrogen and oxygen atoms in total. The largest absolute Gasteiger partial charge is 0.711 e. The van der Waals surface area contributed by atoms with Crippen molar-refractivity contribution in [3.63, 3.8) is 0 Å². The highest BCUT2D eigenvalue weighted by Gasteiger charge is 2.32. The molecule has 0 N–H and O–H groups in total. The van der Waals surface area contributed by atoms with Crippen LogP contribution >= 0.6 is 7.14 Å². The van der Waals surface area contributed by atoms with Gasteiger partial charge in [0.25, 0.3) is 5.82 Å². The van der Waals surface area contributed by atoms with Crippen molar-refractivity contribution in [2.24, 2.45) is 0 Å². The van der Waals surface area contributed by atoms with Crippen molar-refractivity contribution in [1.29, 1.82) is 0 Å². The van der Waals surface area contributed by atoms with Crippen LogP contribution in [0.15, 0.2) is 102 Å². The van der Waals surface area contributed by atoms with Crippen molar-refractivity contribution in [3.05, 3.63) is 130 Å². The molecule has 37 heavy (non-hydrogen) atoms. The van der Waals surface area contributed by atoms with Gasteiger partial charge in [0.2, 0.25) is 0 Å². The van der Waals surface area contributed by atoms with Crippen LogP contribution in [0.1, 0.15) is 16.8 Å². The van der Waals surface area contributed by atoms with Crippen LogP contribution in [0.4, 0.5) is 0 Å². The van der Waals surface area contributed by atoms with Crippen molar-refractivity contribution < 1.29 is 14.0 Å². The minimum atomic E-state index is -3.27. The Bertz CT molecular complexity index is 1660. The molecule has 0 aliphatic rings. The summed E-state index contributed by atoms with van der Waals surface area (Å²) in [5, 5.41) is 15.3. The Labute approximate surface area is 215 Å². The van der Waals surface area contributed by atoms with E-state index < -0.39 is 7.14 Å². The highest BCUT2D eigenvalue weighted by molar-refractivity contribution is 7.78. The summed E-state index contributed by atoms with van der Waals surface area (Å²) < 4.78 is 22.4. The third-order valence-corrected chi connectivity index (χ3v) is 9.66. The number of hydrogen-bond donors (Lipinski definition) is 0. The van der Waals surface area contributed by atoms with Gasteiger partial charge in [0.15, 0.2) is 7.14 Å². The second-order valence-electron chi connectivity index (χ2n) is 9.18. The van der Waals surface area contributed by atoms with Gasteiger partial charge in [0, 0.05) is 16.7 Å². The Morgan fingerprint density at radius 2 is 1.49 bits per heavy atom. The molecule has 5 aromatic rings. The normalized spacial score (nSPS) is 11.5. The van der Waals surface area contributed by atoms with E-state index in [0.717, 1.165) is 11.1 Å². The van der Waals surface area contributed by atoms with Crippen molar-refractivity contribution in [1.82, 2.24) is 4.57 Å². The zero-order chi connectivity index (χ0) is 26.2. The van der Waals surface area contributed by atoms with Crippen molar-refractivity contribution in [3.8, 4) is 11.6 Å². The molecule has 5 rings (SSSR count). The highest BCUT2D eigenvalue weighted by Crippen LogP contribution is 2.47. The van der Waals surface area contributed by atoms with Gasteiger partial charge >= 0.3 is 5.56 Å². The quantitative estimate of drug-likeness (QED) is 0.188. The van der Waals surface area contributed by atoms with Gasteiger partial charge in [-0.2, -0.15) is 4.57 Å². The van der Waals surface area contributed by atoms with Gasteiger partial charge < -0.3 is 14.5 Å². The molecule has 2 aromatic heterocycles. The van der Waals surface area contributed by atoms with Crippen LogP contribution in [0, 0.1) is 19.1 Å². The van der Waals surface area contributed by atoms with Gasteiger partial charge in [0.05, 0.1) is 24.9 Å². The van der Waals surface area contributed by atoms with E-state index in [1.54, 1.807) is 43.5 Å². The summed E-state index contributed by atoms with van der Waals surface area (Å²) in [4.78, 5) is 13.8. The summed E-state index contributed by atoms with van der Waals surface area (Å²) in [5.41, 5.74) is 2.24. The van der Waals surface area contributed by atoms with E-state index in [-0.39, 0.29) is 17.5 Å². The average Bonchev–Trinajstić information content (AvgIpc) is 2.90. The van der Waals surface area contributed by atoms with E-state index in [2.05, 4.69) is 0 Å². The van der Waals surface area contributed by atoms with E-state index >= 15 is 4.57 Å². The van der Waals surface area contributed by atoms with Gasteiger partial charge in [-0.05, 0) is 49.6 Å². The molecule has 0 fully saturated rings. The van der Waals surface area contributed by atoms with Crippen LogP contribution in [0.5, 0.6) is 5.75 Å². The molecule has 0 saturated heterocycles.